The van der Waals surface area contributed by atoms with E-state index in [1.165, 1.54) is 28.0 Å². The first-order valence-electron chi connectivity index (χ1n) is 11.8. The molecule has 0 saturated carbocycles. The van der Waals surface area contributed by atoms with E-state index in [2.05, 4.69) is 26.9 Å². The average Bonchev–Trinajstić information content (AvgIpc) is 3.46. The number of hydrogen-bond donors (Lipinski definition) is 2. The Morgan fingerprint density at radius 1 is 1.19 bits per heavy atom. The molecule has 2 N–H and O–H groups in total. The number of methoxy groups -OCH3 is 1. The van der Waals surface area contributed by atoms with Gasteiger partial charge in [-0.25, -0.2) is 0 Å². The topological polar surface area (TPSA) is 122 Å². The third kappa shape index (κ3) is 6.06. The Bertz CT molecular complexity index is 1280. The molecule has 2 heterocycles. The Hall–Kier alpha value is -3.36. The van der Waals surface area contributed by atoms with E-state index in [0.717, 1.165) is 42.6 Å². The highest BCUT2D eigenvalue weighted by molar-refractivity contribution is 7.99. The molecule has 2 aromatic heterocycles. The second-order valence-electron chi connectivity index (χ2n) is 8.31. The summed E-state index contributed by atoms with van der Waals surface area (Å²) in [6, 6.07) is 9.63. The van der Waals surface area contributed by atoms with E-state index >= 15 is 0 Å². The maximum absolute atomic E-state index is 12.6. The Morgan fingerprint density at radius 3 is 2.69 bits per heavy atom. The lowest BCUT2D eigenvalue weighted by Crippen LogP contribution is -2.26. The number of fused-ring (bicyclic) bond motifs is 1. The Labute approximate surface area is 218 Å². The Kier molecular flexibility index (Phi) is 8.61. The third-order valence-corrected chi connectivity index (χ3v) is 8.12. The highest BCUT2D eigenvalue weighted by atomic mass is 32.2. The minimum atomic E-state index is -0.185. The third-order valence-electron chi connectivity index (χ3n) is 5.95. The lowest BCUT2D eigenvalue weighted by Gasteiger charge is -2.09. The fraction of sp³-hybridized carbons (Fsp3) is 0.400. The summed E-state index contributed by atoms with van der Waals surface area (Å²) < 4.78 is 7.03. The molecule has 11 heteroatoms. The van der Waals surface area contributed by atoms with Crippen molar-refractivity contribution in [3.63, 3.8) is 0 Å². The molecule has 1 aromatic carbocycles. The van der Waals surface area contributed by atoms with Gasteiger partial charge in [0.15, 0.2) is 11.0 Å². The zero-order valence-corrected chi connectivity index (χ0v) is 21.9. The standard InChI is InChI=1S/C25H28N6O3S2/c1-3-31-21(14-27-22(32)12-16-8-10-17(34-2)11-9-16)29-30-25(31)35-15-23(33)28-24-19(13-26)18-6-4-5-7-20(18)36-24/h8-11H,3-7,12,14-15H2,1-2H3,(H,27,32)(H,28,33). The van der Waals surface area contributed by atoms with E-state index < -0.39 is 0 Å². The molecule has 0 atom stereocenters. The van der Waals surface area contributed by atoms with E-state index in [4.69, 9.17) is 4.74 Å². The number of carbonyl (C=O) groups excluding carboxylic acids is 2. The quantitative estimate of drug-likeness (QED) is 0.388. The molecule has 0 bridgehead atoms. The van der Waals surface area contributed by atoms with Gasteiger partial charge in [-0.15, -0.1) is 21.5 Å². The predicted molar refractivity (Wildman–Crippen MR) is 139 cm³/mol. The largest absolute Gasteiger partial charge is 0.497 e. The van der Waals surface area contributed by atoms with Gasteiger partial charge in [-0.3, -0.25) is 9.59 Å². The molecule has 3 aromatic rings. The summed E-state index contributed by atoms with van der Waals surface area (Å²) >= 11 is 2.80. The molecule has 4 rings (SSSR count). The van der Waals surface area contributed by atoms with E-state index in [0.29, 0.717) is 28.1 Å². The molecule has 0 fully saturated rings. The lowest BCUT2D eigenvalue weighted by molar-refractivity contribution is -0.120. The maximum atomic E-state index is 12.6. The van der Waals surface area contributed by atoms with Gasteiger partial charge in [-0.2, -0.15) is 5.26 Å². The zero-order valence-electron chi connectivity index (χ0n) is 20.3. The minimum absolute atomic E-state index is 0.119. The van der Waals surface area contributed by atoms with E-state index in [-0.39, 0.29) is 30.5 Å². The second-order valence-corrected chi connectivity index (χ2v) is 10.4. The van der Waals surface area contributed by atoms with Crippen molar-refractivity contribution in [2.24, 2.45) is 0 Å². The number of benzene rings is 1. The molecule has 0 spiro atoms. The molecule has 2 amide bonds. The zero-order chi connectivity index (χ0) is 25.5. The van der Waals surface area contributed by atoms with Crippen molar-refractivity contribution >= 4 is 39.9 Å². The van der Waals surface area contributed by atoms with Crippen molar-refractivity contribution in [3.05, 3.63) is 51.7 Å². The van der Waals surface area contributed by atoms with Crippen LogP contribution in [0.15, 0.2) is 29.4 Å². The number of ether oxygens (including phenoxy) is 1. The van der Waals surface area contributed by atoms with E-state index in [1.54, 1.807) is 7.11 Å². The fourth-order valence-corrected chi connectivity index (χ4v) is 6.19. The number of thioether (sulfide) groups is 1. The second kappa shape index (κ2) is 12.1. The molecule has 0 radical (unpaired) electrons. The smallest absolute Gasteiger partial charge is 0.235 e. The first-order chi connectivity index (χ1) is 17.5. The number of aromatic nitrogens is 3. The first-order valence-corrected chi connectivity index (χ1v) is 13.6. The summed E-state index contributed by atoms with van der Waals surface area (Å²) in [4.78, 5) is 26.2. The molecular weight excluding hydrogens is 496 g/mol. The molecule has 188 valence electrons. The molecule has 36 heavy (non-hydrogen) atoms. The van der Waals surface area contributed by atoms with Crippen LogP contribution in [0.5, 0.6) is 5.75 Å². The molecule has 0 saturated heterocycles. The van der Waals surface area contributed by atoms with Crippen molar-refractivity contribution in [1.29, 1.82) is 5.26 Å². The van der Waals surface area contributed by atoms with Crippen molar-refractivity contribution in [1.82, 2.24) is 20.1 Å². The normalized spacial score (nSPS) is 12.5. The van der Waals surface area contributed by atoms with Gasteiger partial charge in [0.1, 0.15) is 16.8 Å². The van der Waals surface area contributed by atoms with E-state index in [1.807, 2.05) is 35.8 Å². The van der Waals surface area contributed by atoms with Crippen LogP contribution in [-0.4, -0.2) is 39.4 Å². The SMILES string of the molecule is CCn1c(CNC(=O)Cc2ccc(OC)cc2)nnc1SCC(=O)Nc1sc2c(c1C#N)CCCC2. The number of nitrogens with one attached hydrogen (secondary N) is 2. The van der Waals surface area contributed by atoms with Crippen LogP contribution in [0.3, 0.4) is 0 Å². The lowest BCUT2D eigenvalue weighted by atomic mass is 9.96. The van der Waals surface area contributed by atoms with Crippen LogP contribution in [0.2, 0.25) is 0 Å². The van der Waals surface area contributed by atoms with Gasteiger partial charge in [0.2, 0.25) is 11.8 Å². The molecule has 0 unspecified atom stereocenters. The monoisotopic (exact) mass is 524 g/mol. The van der Waals surface area contributed by atoms with E-state index in [9.17, 15) is 14.9 Å². The summed E-state index contributed by atoms with van der Waals surface area (Å²) in [5.74, 6) is 1.21. The van der Waals surface area contributed by atoms with Crippen LogP contribution >= 0.6 is 23.1 Å². The Balaban J connectivity index is 1.31. The van der Waals surface area contributed by atoms with Gasteiger partial charge in [-0.05, 0) is 55.9 Å². The van der Waals surface area contributed by atoms with Crippen LogP contribution in [0.1, 0.15) is 47.2 Å². The van der Waals surface area contributed by atoms with Gasteiger partial charge in [-0.1, -0.05) is 23.9 Å². The maximum Gasteiger partial charge on any atom is 0.235 e. The highest BCUT2D eigenvalue weighted by Crippen LogP contribution is 2.37. The molecule has 1 aliphatic carbocycles. The van der Waals surface area contributed by atoms with Crippen LogP contribution in [0.25, 0.3) is 0 Å². The van der Waals surface area contributed by atoms with Crippen LogP contribution in [0.4, 0.5) is 5.00 Å². The number of aryl methyl sites for hydroxylation is 1. The van der Waals surface area contributed by atoms with Crippen molar-refractivity contribution in [2.45, 2.75) is 57.3 Å². The number of thiophene rings is 1. The number of rotatable bonds is 10. The average molecular weight is 525 g/mol. The van der Waals surface area contributed by atoms with Crippen molar-refractivity contribution in [2.75, 3.05) is 18.2 Å². The molecule has 9 nitrogen and oxygen atoms in total. The number of hydrogen-bond acceptors (Lipinski definition) is 8. The van der Waals surface area contributed by atoms with Gasteiger partial charge >= 0.3 is 0 Å². The number of anilines is 1. The van der Waals surface area contributed by atoms with Gasteiger partial charge < -0.3 is 19.9 Å². The van der Waals surface area contributed by atoms with Crippen LogP contribution in [0, 0.1) is 11.3 Å². The van der Waals surface area contributed by atoms with Crippen molar-refractivity contribution in [3.8, 4) is 11.8 Å². The number of carbonyl (C=O) groups is 2. The van der Waals surface area contributed by atoms with Gasteiger partial charge in [0.05, 0.1) is 31.4 Å². The van der Waals surface area contributed by atoms with Gasteiger partial charge in [0, 0.05) is 11.4 Å². The summed E-state index contributed by atoms with van der Waals surface area (Å²) in [5, 5.41) is 25.1. The number of nitriles is 1. The number of amides is 2. The minimum Gasteiger partial charge on any atom is -0.497 e. The number of nitrogens with zero attached hydrogens (tertiary/aromatic N) is 4. The molecule has 1 aliphatic rings. The summed E-state index contributed by atoms with van der Waals surface area (Å²) in [6.07, 6.45) is 4.33. The molecule has 0 aliphatic heterocycles. The highest BCUT2D eigenvalue weighted by Gasteiger charge is 2.22. The fourth-order valence-electron chi connectivity index (χ4n) is 4.11. The van der Waals surface area contributed by atoms with Crippen LogP contribution < -0.4 is 15.4 Å². The predicted octanol–water partition coefficient (Wildman–Crippen LogP) is 3.71. The summed E-state index contributed by atoms with van der Waals surface area (Å²) in [6.45, 7) is 2.82. The van der Waals surface area contributed by atoms with Gasteiger partial charge in [0.25, 0.3) is 0 Å². The Morgan fingerprint density at radius 2 is 1.97 bits per heavy atom. The summed E-state index contributed by atoms with van der Waals surface area (Å²) in [5.41, 5.74) is 2.59. The van der Waals surface area contributed by atoms with Crippen LogP contribution in [-0.2, 0) is 41.9 Å². The molecular formula is C25H28N6O3S2. The summed E-state index contributed by atoms with van der Waals surface area (Å²) in [7, 11) is 1.60. The van der Waals surface area contributed by atoms with Crippen molar-refractivity contribution < 1.29 is 14.3 Å². The first kappa shape index (κ1) is 25.7.